The SMILES string of the molecule is COc1ccc(S(=O)/C(=C/c2ccc3oc(=O)[nH]c3c2)[N+](=O)[O-])cc1. The van der Waals surface area contributed by atoms with Gasteiger partial charge in [-0.2, -0.15) is 0 Å². The number of nitro groups is 1. The Labute approximate surface area is 143 Å². The highest BCUT2D eigenvalue weighted by Crippen LogP contribution is 2.22. The molecule has 3 rings (SSSR count). The molecule has 0 fully saturated rings. The predicted molar refractivity (Wildman–Crippen MR) is 91.2 cm³/mol. The first-order valence-electron chi connectivity index (χ1n) is 7.03. The van der Waals surface area contributed by atoms with E-state index in [1.54, 1.807) is 12.1 Å². The van der Waals surface area contributed by atoms with Gasteiger partial charge in [0.1, 0.15) is 5.75 Å². The van der Waals surface area contributed by atoms with Gasteiger partial charge in [-0.1, -0.05) is 6.07 Å². The van der Waals surface area contributed by atoms with E-state index < -0.39 is 26.5 Å². The fraction of sp³-hybridized carbons (Fsp3) is 0.0625. The number of aromatic amines is 1. The Morgan fingerprint density at radius 2 is 2.00 bits per heavy atom. The van der Waals surface area contributed by atoms with Crippen molar-refractivity contribution < 1.29 is 18.3 Å². The van der Waals surface area contributed by atoms with Crippen LogP contribution in [0.4, 0.5) is 0 Å². The highest BCUT2D eigenvalue weighted by Gasteiger charge is 2.22. The zero-order valence-corrected chi connectivity index (χ0v) is 13.7. The van der Waals surface area contributed by atoms with E-state index in [4.69, 9.17) is 9.15 Å². The van der Waals surface area contributed by atoms with Crippen molar-refractivity contribution in [1.82, 2.24) is 4.98 Å². The van der Waals surface area contributed by atoms with E-state index in [-0.39, 0.29) is 4.90 Å². The lowest BCUT2D eigenvalue weighted by Crippen LogP contribution is -2.06. The number of rotatable bonds is 5. The summed E-state index contributed by atoms with van der Waals surface area (Å²) in [5.74, 6) is -0.0609. The summed E-state index contributed by atoms with van der Waals surface area (Å²) in [5, 5.41) is 10.9. The van der Waals surface area contributed by atoms with Crippen LogP contribution < -0.4 is 10.5 Å². The normalized spacial score (nSPS) is 12.9. The molecule has 0 saturated carbocycles. The maximum Gasteiger partial charge on any atom is 0.417 e. The van der Waals surface area contributed by atoms with Crippen molar-refractivity contribution in [2.75, 3.05) is 7.11 Å². The highest BCUT2D eigenvalue weighted by molar-refractivity contribution is 7.88. The summed E-state index contributed by atoms with van der Waals surface area (Å²) >= 11 is 0. The molecular weight excluding hydrogens is 348 g/mol. The van der Waals surface area contributed by atoms with E-state index in [0.29, 0.717) is 22.4 Å². The Morgan fingerprint density at radius 3 is 2.64 bits per heavy atom. The number of H-pyrrole nitrogens is 1. The van der Waals surface area contributed by atoms with E-state index in [1.165, 1.54) is 43.5 Å². The molecule has 0 saturated heterocycles. The summed E-state index contributed by atoms with van der Waals surface area (Å²) in [6.45, 7) is 0. The van der Waals surface area contributed by atoms with Crippen molar-refractivity contribution in [3.8, 4) is 5.75 Å². The first-order chi connectivity index (χ1) is 12.0. The fourth-order valence-electron chi connectivity index (χ4n) is 2.20. The van der Waals surface area contributed by atoms with Crippen LogP contribution in [-0.4, -0.2) is 21.2 Å². The van der Waals surface area contributed by atoms with Gasteiger partial charge in [-0.3, -0.25) is 15.1 Å². The van der Waals surface area contributed by atoms with Crippen LogP contribution in [0.15, 0.2) is 61.6 Å². The molecule has 0 bridgehead atoms. The number of methoxy groups -OCH3 is 1. The Kier molecular flexibility index (Phi) is 4.48. The summed E-state index contributed by atoms with van der Waals surface area (Å²) in [6, 6.07) is 10.7. The molecule has 2 aromatic carbocycles. The number of ether oxygens (including phenoxy) is 1. The summed E-state index contributed by atoms with van der Waals surface area (Å²) in [6.07, 6.45) is 1.20. The van der Waals surface area contributed by atoms with Crippen molar-refractivity contribution in [3.63, 3.8) is 0 Å². The topological polar surface area (TPSA) is 115 Å². The second kappa shape index (κ2) is 6.73. The summed E-state index contributed by atoms with van der Waals surface area (Å²) in [5.41, 5.74) is 1.15. The van der Waals surface area contributed by atoms with Crippen molar-refractivity contribution in [3.05, 3.63) is 73.7 Å². The van der Waals surface area contributed by atoms with Crippen molar-refractivity contribution in [2.45, 2.75) is 4.90 Å². The van der Waals surface area contributed by atoms with Crippen LogP contribution in [0.2, 0.25) is 0 Å². The summed E-state index contributed by atoms with van der Waals surface area (Å²) < 4.78 is 22.4. The van der Waals surface area contributed by atoms with Crippen molar-refractivity contribution in [2.24, 2.45) is 0 Å². The minimum Gasteiger partial charge on any atom is -0.497 e. The number of fused-ring (bicyclic) bond motifs is 1. The van der Waals surface area contributed by atoms with E-state index >= 15 is 0 Å². The molecule has 0 aliphatic carbocycles. The maximum atomic E-state index is 12.5. The number of hydrogen-bond donors (Lipinski definition) is 1. The third-order valence-corrected chi connectivity index (χ3v) is 4.72. The molecule has 0 spiro atoms. The van der Waals surface area contributed by atoms with Gasteiger partial charge in [0.25, 0.3) is 0 Å². The molecule has 9 heteroatoms. The van der Waals surface area contributed by atoms with E-state index in [2.05, 4.69) is 4.98 Å². The lowest BCUT2D eigenvalue weighted by molar-refractivity contribution is -0.409. The molecule has 0 radical (unpaired) electrons. The van der Waals surface area contributed by atoms with Crippen LogP contribution >= 0.6 is 0 Å². The van der Waals surface area contributed by atoms with Crippen LogP contribution in [-0.2, 0) is 10.8 Å². The van der Waals surface area contributed by atoms with Gasteiger partial charge in [0.2, 0.25) is 0 Å². The largest absolute Gasteiger partial charge is 0.497 e. The van der Waals surface area contributed by atoms with Crippen LogP contribution in [0, 0.1) is 10.1 Å². The average molecular weight is 360 g/mol. The molecule has 1 aromatic heterocycles. The van der Waals surface area contributed by atoms with Gasteiger partial charge in [0.15, 0.2) is 16.4 Å². The molecule has 128 valence electrons. The van der Waals surface area contributed by atoms with Crippen LogP contribution in [0.3, 0.4) is 0 Å². The Hall–Kier alpha value is -3.20. The molecule has 8 nitrogen and oxygen atoms in total. The fourth-order valence-corrected chi connectivity index (χ4v) is 3.20. The smallest absolute Gasteiger partial charge is 0.417 e. The Balaban J connectivity index is 2.00. The monoisotopic (exact) mass is 360 g/mol. The van der Waals surface area contributed by atoms with Gasteiger partial charge < -0.3 is 9.15 Å². The van der Waals surface area contributed by atoms with Gasteiger partial charge in [0.05, 0.1) is 22.4 Å². The first kappa shape index (κ1) is 16.7. The van der Waals surface area contributed by atoms with Crippen molar-refractivity contribution >= 4 is 28.0 Å². The van der Waals surface area contributed by atoms with E-state index in [0.717, 1.165) is 0 Å². The minimum absolute atomic E-state index is 0.279. The Morgan fingerprint density at radius 1 is 1.28 bits per heavy atom. The first-order valence-corrected chi connectivity index (χ1v) is 8.17. The van der Waals surface area contributed by atoms with Gasteiger partial charge >= 0.3 is 10.8 Å². The highest BCUT2D eigenvalue weighted by atomic mass is 32.2. The van der Waals surface area contributed by atoms with Crippen LogP contribution in [0.1, 0.15) is 5.56 Å². The van der Waals surface area contributed by atoms with Gasteiger partial charge in [-0.15, -0.1) is 0 Å². The zero-order valence-electron chi connectivity index (χ0n) is 12.9. The summed E-state index contributed by atoms with van der Waals surface area (Å²) in [4.78, 5) is 24.6. The van der Waals surface area contributed by atoms with E-state index in [1.807, 2.05) is 0 Å². The number of nitrogens with one attached hydrogen (secondary N) is 1. The molecule has 0 aliphatic rings. The number of aromatic nitrogens is 1. The second-order valence-electron chi connectivity index (χ2n) is 4.95. The number of hydrogen-bond acceptors (Lipinski definition) is 6. The molecule has 1 atom stereocenters. The number of nitrogens with zero attached hydrogens (tertiary/aromatic N) is 1. The van der Waals surface area contributed by atoms with E-state index in [9.17, 15) is 19.1 Å². The second-order valence-corrected chi connectivity index (χ2v) is 6.38. The maximum absolute atomic E-state index is 12.5. The van der Waals surface area contributed by atoms with Crippen molar-refractivity contribution in [1.29, 1.82) is 0 Å². The average Bonchev–Trinajstić information content (AvgIpc) is 2.98. The van der Waals surface area contributed by atoms with Gasteiger partial charge in [0, 0.05) is 6.08 Å². The molecular formula is C16H12N2O6S. The molecule has 1 heterocycles. The zero-order chi connectivity index (χ0) is 18.0. The van der Waals surface area contributed by atoms with Crippen LogP contribution in [0.25, 0.3) is 17.2 Å². The standard InChI is InChI=1S/C16H12N2O6S/c1-23-11-3-5-12(6-4-11)25(22)15(18(20)21)9-10-2-7-14-13(8-10)17-16(19)24-14/h2-9H,1H3,(H,17,19)/b15-9+. The third kappa shape index (κ3) is 3.50. The van der Waals surface area contributed by atoms with Crippen LogP contribution in [0.5, 0.6) is 5.75 Å². The van der Waals surface area contributed by atoms with Gasteiger partial charge in [-0.05, 0) is 42.0 Å². The molecule has 1 unspecified atom stereocenters. The predicted octanol–water partition coefficient (Wildman–Crippen LogP) is 2.51. The molecule has 1 N–H and O–H groups in total. The quantitative estimate of drug-likeness (QED) is 0.552. The molecule has 0 amide bonds. The number of oxazole rings is 1. The molecule has 0 aliphatic heterocycles. The molecule has 3 aromatic rings. The third-order valence-electron chi connectivity index (χ3n) is 3.38. The molecule has 25 heavy (non-hydrogen) atoms. The van der Waals surface area contributed by atoms with Gasteiger partial charge in [-0.25, -0.2) is 9.00 Å². The minimum atomic E-state index is -1.98. The summed E-state index contributed by atoms with van der Waals surface area (Å²) in [7, 11) is -0.489. The Bertz CT molecular complexity index is 1050. The lowest BCUT2D eigenvalue weighted by Gasteiger charge is -2.02. The lowest BCUT2D eigenvalue weighted by atomic mass is 10.2. The number of benzene rings is 2.